The molecule has 1 unspecified atom stereocenters. The lowest BCUT2D eigenvalue weighted by atomic mass is 10.00. The van der Waals surface area contributed by atoms with Gasteiger partial charge in [0, 0.05) is 62.8 Å². The van der Waals surface area contributed by atoms with Crippen molar-refractivity contribution in [2.45, 2.75) is 109 Å². The lowest BCUT2D eigenvalue weighted by Crippen LogP contribution is -2.55. The third-order valence-corrected chi connectivity index (χ3v) is 16.6. The molecule has 2 N–H and O–H groups in total. The van der Waals surface area contributed by atoms with E-state index >= 15 is 0 Å². The Morgan fingerprint density at radius 3 is 2.00 bits per heavy atom. The molecule has 88 heavy (non-hydrogen) atoms. The molecule has 4 atom stereocenters. The number of hydrogen-bond donors (Lipinski definition) is 2. The van der Waals surface area contributed by atoms with Gasteiger partial charge in [0.2, 0.25) is 11.8 Å². The van der Waals surface area contributed by atoms with Crippen molar-refractivity contribution >= 4 is 63.7 Å². The SMILES string of the molecule is Cc1ncsc1-c1ccc(C(NC(=O)[C@@H]2C[C@@H](O)CN2C(=O)[C@H](C(C)C)N2Cc3ccccc3C2=O)OCCOCCOCCCCOCCCCOCCOCCOc2ccc(N3C(=S)N(c4ccc(C#N)c(C(F)(F)F)c4)C(=O)C3(C)C)cc2)cc1. The minimum atomic E-state index is -4.80. The number of amides is 4. The number of ether oxygens (including phenoxy) is 7. The van der Waals surface area contributed by atoms with Crippen molar-refractivity contribution in [3.63, 3.8) is 0 Å². The van der Waals surface area contributed by atoms with Gasteiger partial charge in [0.25, 0.3) is 11.8 Å². The number of rotatable bonds is 33. The summed E-state index contributed by atoms with van der Waals surface area (Å²) in [5, 5.41) is 23.1. The summed E-state index contributed by atoms with van der Waals surface area (Å²) in [5.74, 6) is -1.34. The smallest absolute Gasteiger partial charge is 0.417 e. The first-order valence-corrected chi connectivity index (χ1v) is 30.8. The molecule has 4 heterocycles. The molecule has 2 saturated heterocycles. The first-order valence-electron chi connectivity index (χ1n) is 29.5. The predicted octanol–water partition coefficient (Wildman–Crippen LogP) is 9.42. The van der Waals surface area contributed by atoms with E-state index in [2.05, 4.69) is 10.3 Å². The van der Waals surface area contributed by atoms with E-state index in [1.54, 1.807) is 71.6 Å². The molecule has 0 radical (unpaired) electrons. The maximum absolute atomic E-state index is 14.4. The second-order valence-corrected chi connectivity index (χ2v) is 23.5. The number of aromatic nitrogens is 1. The number of nitrogens with one attached hydrogen (secondary N) is 1. The van der Waals surface area contributed by atoms with Gasteiger partial charge >= 0.3 is 6.18 Å². The molecule has 0 bridgehead atoms. The van der Waals surface area contributed by atoms with E-state index in [9.17, 15) is 42.7 Å². The van der Waals surface area contributed by atoms with E-state index in [1.807, 2.05) is 57.2 Å². The maximum atomic E-state index is 14.4. The second-order valence-electron chi connectivity index (χ2n) is 22.3. The number of thiocarbonyl (C=S) groups is 1. The topological polar surface area (TPSA) is 215 Å². The molecule has 19 nitrogen and oxygen atoms in total. The highest BCUT2D eigenvalue weighted by atomic mass is 32.1. The van der Waals surface area contributed by atoms with Gasteiger partial charge in [0.1, 0.15) is 30.0 Å². The number of anilines is 2. The Morgan fingerprint density at radius 2 is 1.41 bits per heavy atom. The van der Waals surface area contributed by atoms with Gasteiger partial charge in [0.15, 0.2) is 11.3 Å². The molecule has 0 spiro atoms. The van der Waals surface area contributed by atoms with Crippen molar-refractivity contribution in [2.75, 3.05) is 95.6 Å². The normalized spacial score (nSPS) is 17.3. The number of aliphatic hydroxyl groups is 1. The van der Waals surface area contributed by atoms with Crippen LogP contribution < -0.4 is 19.9 Å². The van der Waals surface area contributed by atoms with Crippen molar-refractivity contribution in [3.8, 4) is 22.3 Å². The number of carbonyl (C=O) groups is 4. The number of benzene rings is 4. The van der Waals surface area contributed by atoms with E-state index < -0.39 is 59.1 Å². The summed E-state index contributed by atoms with van der Waals surface area (Å²) < 4.78 is 82.0. The molecule has 3 aliphatic heterocycles. The molecule has 24 heteroatoms. The number of carbonyl (C=O) groups excluding carboxylic acids is 4. The molecular formula is C64H76F3N7O12S2. The van der Waals surface area contributed by atoms with Crippen LogP contribution in [0.25, 0.3) is 10.4 Å². The van der Waals surface area contributed by atoms with Crippen LogP contribution >= 0.6 is 23.6 Å². The highest BCUT2D eigenvalue weighted by Crippen LogP contribution is 2.40. The number of nitriles is 1. The Hall–Kier alpha value is -6.92. The molecule has 4 aromatic carbocycles. The van der Waals surface area contributed by atoms with Crippen LogP contribution in [0.1, 0.15) is 104 Å². The predicted molar refractivity (Wildman–Crippen MR) is 327 cm³/mol. The molecule has 8 rings (SSSR count). The molecular weight excluding hydrogens is 1180 g/mol. The summed E-state index contributed by atoms with van der Waals surface area (Å²) >= 11 is 7.16. The van der Waals surface area contributed by atoms with Gasteiger partial charge in [-0.2, -0.15) is 18.4 Å². The Bertz CT molecular complexity index is 3220. The van der Waals surface area contributed by atoms with Crippen molar-refractivity contribution < 1.29 is 70.6 Å². The van der Waals surface area contributed by atoms with Crippen LogP contribution in [-0.2, 0) is 55.5 Å². The van der Waals surface area contributed by atoms with Crippen LogP contribution in [0, 0.1) is 24.2 Å². The fourth-order valence-corrected chi connectivity index (χ4v) is 12.1. The van der Waals surface area contributed by atoms with Crippen molar-refractivity contribution in [1.29, 1.82) is 5.26 Å². The molecule has 3 aliphatic rings. The van der Waals surface area contributed by atoms with E-state index in [4.69, 9.17) is 45.4 Å². The zero-order chi connectivity index (χ0) is 63.0. The fraction of sp³-hybridized carbons (Fsp3) is 0.484. The minimum Gasteiger partial charge on any atom is -0.491 e. The summed E-state index contributed by atoms with van der Waals surface area (Å²) in [6.07, 6.45) is -3.22. The number of likely N-dealkylation sites (tertiary alicyclic amines) is 1. The number of halogens is 3. The number of aliphatic hydroxyl groups excluding tert-OH is 1. The first kappa shape index (κ1) is 67.0. The van der Waals surface area contributed by atoms with E-state index in [0.717, 1.165) is 64.4 Å². The van der Waals surface area contributed by atoms with Gasteiger partial charge in [-0.15, -0.1) is 11.3 Å². The summed E-state index contributed by atoms with van der Waals surface area (Å²) in [4.78, 5) is 66.7. The number of β-amino-alcohol motifs (C(OH)–C–C–N with tert-alkyl or cyclic N) is 1. The largest absolute Gasteiger partial charge is 0.491 e. The van der Waals surface area contributed by atoms with Gasteiger partial charge < -0.3 is 58.3 Å². The van der Waals surface area contributed by atoms with Gasteiger partial charge in [-0.3, -0.25) is 24.1 Å². The van der Waals surface area contributed by atoms with E-state index in [1.165, 1.54) is 22.3 Å². The molecule has 1 aromatic heterocycles. The highest BCUT2D eigenvalue weighted by molar-refractivity contribution is 7.81. The Balaban J connectivity index is 0.652. The maximum Gasteiger partial charge on any atom is 0.417 e. The summed E-state index contributed by atoms with van der Waals surface area (Å²) in [6, 6.07) is 24.6. The van der Waals surface area contributed by atoms with Crippen LogP contribution in [-0.4, -0.2) is 158 Å². The fourth-order valence-electron chi connectivity index (χ4n) is 10.7. The number of nitrogens with zero attached hydrogens (tertiary/aromatic N) is 6. The molecule has 0 saturated carbocycles. The third-order valence-electron chi connectivity index (χ3n) is 15.3. The zero-order valence-electron chi connectivity index (χ0n) is 50.1. The van der Waals surface area contributed by atoms with E-state index in [0.29, 0.717) is 82.0 Å². The number of thiazole rings is 1. The average Bonchev–Trinajstić information content (AvgIpc) is 2.00. The number of hydrogen-bond acceptors (Lipinski definition) is 16. The van der Waals surface area contributed by atoms with Gasteiger partial charge in [-0.25, -0.2) is 4.98 Å². The van der Waals surface area contributed by atoms with Crippen LogP contribution in [0.3, 0.4) is 0 Å². The molecule has 472 valence electrons. The van der Waals surface area contributed by atoms with Gasteiger partial charge in [-0.1, -0.05) is 56.3 Å². The van der Waals surface area contributed by atoms with E-state index in [-0.39, 0.29) is 67.9 Å². The van der Waals surface area contributed by atoms with Crippen molar-refractivity contribution in [2.24, 2.45) is 5.92 Å². The Labute approximate surface area is 520 Å². The molecule has 5 aromatic rings. The van der Waals surface area contributed by atoms with Crippen LogP contribution in [0.2, 0.25) is 0 Å². The summed E-state index contributed by atoms with van der Waals surface area (Å²) in [5.41, 5.74) is 3.30. The lowest BCUT2D eigenvalue weighted by molar-refractivity contribution is -0.145. The van der Waals surface area contributed by atoms with Crippen LogP contribution in [0.4, 0.5) is 24.5 Å². The highest BCUT2D eigenvalue weighted by Gasteiger charge is 2.51. The number of alkyl halides is 3. The quantitative estimate of drug-likeness (QED) is 0.0227. The number of aryl methyl sites for hydroxylation is 1. The standard InChI is InChI=1S/C64H76F3N7O12S2/c1-42(2)55(72-39-47-12-6-7-13-52(47)59(72)77)60(78)71-40-50(75)37-54(71)57(76)70-58(45-16-14-44(15-17-45)56-43(3)69-41-88-56)86-35-33-84-31-29-82-27-11-9-25-80-24-8-10-26-81-28-30-83-32-34-85-51-22-20-48(21-23-51)74-62(87)73(61(79)63(74,4)5)49-19-18-46(38-68)53(36-49)64(65,66)67/h6-7,12-23,36,41-42,50,54-55,58,75H,8-11,24-35,37,39-40H2,1-5H3,(H,70,76)/t50-,54+,55+,58?/m1/s1. The molecule has 4 amide bonds. The third kappa shape index (κ3) is 16.9. The minimum absolute atomic E-state index is 0.000477. The summed E-state index contributed by atoms with van der Waals surface area (Å²) in [7, 11) is 0. The Morgan fingerprint density at radius 1 is 0.818 bits per heavy atom. The average molecular weight is 1260 g/mol. The van der Waals surface area contributed by atoms with Crippen molar-refractivity contribution in [1.82, 2.24) is 20.1 Å². The number of unbranched alkanes of at least 4 members (excludes halogenated alkanes) is 2. The monoisotopic (exact) mass is 1260 g/mol. The lowest BCUT2D eigenvalue weighted by Gasteiger charge is -2.35. The van der Waals surface area contributed by atoms with Crippen LogP contribution in [0.5, 0.6) is 5.75 Å². The van der Waals surface area contributed by atoms with Crippen molar-refractivity contribution in [3.05, 3.63) is 130 Å². The Kier molecular flexibility index (Phi) is 24.0. The number of fused-ring (bicyclic) bond motifs is 1. The second kappa shape index (κ2) is 31.5. The van der Waals surface area contributed by atoms with Crippen LogP contribution in [0.15, 0.2) is 96.5 Å². The molecule has 2 fully saturated rings. The van der Waals surface area contributed by atoms with Gasteiger partial charge in [-0.05, 0) is 124 Å². The first-order chi connectivity index (χ1) is 42.3. The molecule has 0 aliphatic carbocycles. The summed E-state index contributed by atoms with van der Waals surface area (Å²) in [6.45, 7) is 14.1. The van der Waals surface area contributed by atoms with Gasteiger partial charge in [0.05, 0.1) is 91.3 Å². The zero-order valence-corrected chi connectivity index (χ0v) is 51.8.